The molecule has 2 aliphatic rings. The van der Waals surface area contributed by atoms with E-state index in [0.717, 1.165) is 11.5 Å². The molecule has 4 rings (SSSR count). The molecule has 0 spiro atoms. The summed E-state index contributed by atoms with van der Waals surface area (Å²) >= 11 is 0.607. The van der Waals surface area contributed by atoms with Gasteiger partial charge in [0.15, 0.2) is 0 Å². The second-order valence-corrected chi connectivity index (χ2v) is 10.7. The summed E-state index contributed by atoms with van der Waals surface area (Å²) in [5.41, 5.74) is 2.75. The Morgan fingerprint density at radius 2 is 0.771 bits per heavy atom. The van der Waals surface area contributed by atoms with E-state index >= 15 is 0 Å². The fourth-order valence-corrected chi connectivity index (χ4v) is 6.34. The van der Waals surface area contributed by atoms with Gasteiger partial charge in [-0.1, -0.05) is 0 Å². The summed E-state index contributed by atoms with van der Waals surface area (Å²) in [6, 6.07) is 17.3. The van der Waals surface area contributed by atoms with E-state index in [-0.39, 0.29) is 11.0 Å². The zero-order valence-electron chi connectivity index (χ0n) is 21.2. The third-order valence-corrected chi connectivity index (χ3v) is 8.26. The van der Waals surface area contributed by atoms with Crippen LogP contribution in [-0.4, -0.2) is 11.0 Å². The SMILES string of the molecule is O.O.c1ccc(C2CCCCCCCC2)c([O][Co][O]c2ccccc2C2CCCCCCCC2)c1. The van der Waals surface area contributed by atoms with Crippen molar-refractivity contribution in [1.82, 2.24) is 0 Å². The average molecular weight is 530 g/mol. The van der Waals surface area contributed by atoms with Gasteiger partial charge >= 0.3 is 209 Å². The van der Waals surface area contributed by atoms with Crippen LogP contribution in [0.5, 0.6) is 11.5 Å². The monoisotopic (exact) mass is 529 g/mol. The molecule has 0 unspecified atom stereocenters. The van der Waals surface area contributed by atoms with Crippen molar-refractivity contribution in [2.24, 2.45) is 0 Å². The topological polar surface area (TPSA) is 81.5 Å². The van der Waals surface area contributed by atoms with E-state index in [2.05, 4.69) is 48.5 Å². The van der Waals surface area contributed by atoms with E-state index in [1.54, 1.807) is 0 Å². The van der Waals surface area contributed by atoms with Crippen LogP contribution in [0.1, 0.15) is 126 Å². The summed E-state index contributed by atoms with van der Waals surface area (Å²) in [6.07, 6.45) is 21.6. The van der Waals surface area contributed by atoms with Crippen molar-refractivity contribution in [2.75, 3.05) is 0 Å². The van der Waals surface area contributed by atoms with Gasteiger partial charge in [-0.15, -0.1) is 0 Å². The molecular weight excluding hydrogens is 483 g/mol. The molecule has 4 N–H and O–H groups in total. The third-order valence-electron chi connectivity index (χ3n) is 7.63. The van der Waals surface area contributed by atoms with Crippen molar-refractivity contribution in [3.63, 3.8) is 0 Å². The summed E-state index contributed by atoms with van der Waals surface area (Å²) in [4.78, 5) is 0. The van der Waals surface area contributed by atoms with Crippen LogP contribution in [0.4, 0.5) is 0 Å². The van der Waals surface area contributed by atoms with Crippen LogP contribution in [0.25, 0.3) is 0 Å². The van der Waals surface area contributed by atoms with Crippen molar-refractivity contribution in [2.45, 2.75) is 115 Å². The van der Waals surface area contributed by atoms with Gasteiger partial charge in [-0.3, -0.25) is 0 Å². The molecule has 0 heterocycles. The normalized spacial score (nSPS) is 18.9. The molecule has 0 aromatic heterocycles. The van der Waals surface area contributed by atoms with Gasteiger partial charge < -0.3 is 11.0 Å². The Morgan fingerprint density at radius 1 is 0.457 bits per heavy atom. The molecule has 0 amide bonds. The maximum absolute atomic E-state index is 6.25. The quantitative estimate of drug-likeness (QED) is 0.382. The molecule has 2 aromatic carbocycles. The Morgan fingerprint density at radius 3 is 1.14 bits per heavy atom. The van der Waals surface area contributed by atoms with Crippen molar-refractivity contribution in [3.8, 4) is 11.5 Å². The molecule has 2 saturated carbocycles. The Balaban J connectivity index is 0.00000216. The predicted octanol–water partition coefficient (Wildman–Crippen LogP) is 7.84. The van der Waals surface area contributed by atoms with Crippen molar-refractivity contribution < 1.29 is 34.0 Å². The van der Waals surface area contributed by atoms with E-state index in [4.69, 9.17) is 7.70 Å². The van der Waals surface area contributed by atoms with Gasteiger partial charge in [-0.2, -0.15) is 0 Å². The molecule has 0 atom stereocenters. The number of hydrogen-bond acceptors (Lipinski definition) is 2. The number of para-hydroxylation sites is 2. The predicted molar refractivity (Wildman–Crippen MR) is 141 cm³/mol. The molecule has 35 heavy (non-hydrogen) atoms. The summed E-state index contributed by atoms with van der Waals surface area (Å²) < 4.78 is 12.5. The third kappa shape index (κ3) is 9.45. The molecule has 2 aliphatic carbocycles. The van der Waals surface area contributed by atoms with Gasteiger partial charge in [0.05, 0.1) is 0 Å². The van der Waals surface area contributed by atoms with Crippen LogP contribution in [0.3, 0.4) is 0 Å². The Hall–Kier alpha value is -1.53. The first-order valence-electron chi connectivity index (χ1n) is 13.5. The molecule has 0 radical (unpaired) electrons. The van der Waals surface area contributed by atoms with Crippen LogP contribution >= 0.6 is 0 Å². The number of rotatable bonds is 6. The minimum atomic E-state index is 0. The Kier molecular flexibility index (Phi) is 14.4. The standard InChI is InChI=1S/2C15H22O.Co.2H2O/c2*16-15-12-8-7-11-14(15)13-9-5-3-1-2-4-6-10-13;;;/h2*7-8,11-13,16H,1-6,9-10H2;;2*1H2/q;;+2;;/p-2. The van der Waals surface area contributed by atoms with Crippen LogP contribution in [-0.2, 0) is 15.3 Å². The number of hydrogen-bond donors (Lipinski definition) is 0. The molecule has 5 heteroatoms. The summed E-state index contributed by atoms with van der Waals surface area (Å²) in [7, 11) is 0. The van der Waals surface area contributed by atoms with Crippen LogP contribution < -0.4 is 7.70 Å². The maximum atomic E-state index is 6.25. The first-order valence-corrected chi connectivity index (χ1v) is 14.4. The molecular formula is C30H46CoO4. The fourth-order valence-electron chi connectivity index (χ4n) is 5.72. The van der Waals surface area contributed by atoms with E-state index in [0.29, 0.717) is 27.2 Å². The molecule has 2 fully saturated rings. The fraction of sp³-hybridized carbons (Fsp3) is 0.600. The first-order chi connectivity index (χ1) is 16.4. The zero-order valence-corrected chi connectivity index (χ0v) is 22.3. The van der Waals surface area contributed by atoms with E-state index in [1.807, 2.05) is 0 Å². The van der Waals surface area contributed by atoms with Gasteiger partial charge in [-0.25, -0.2) is 0 Å². The van der Waals surface area contributed by atoms with Crippen LogP contribution in [0, 0.1) is 0 Å². The number of benzene rings is 2. The van der Waals surface area contributed by atoms with E-state index < -0.39 is 0 Å². The summed E-state index contributed by atoms with van der Waals surface area (Å²) in [6.45, 7) is 0. The molecule has 0 bridgehead atoms. The Bertz CT molecular complexity index is 740. The van der Waals surface area contributed by atoms with E-state index in [9.17, 15) is 0 Å². The van der Waals surface area contributed by atoms with Gasteiger partial charge in [0.25, 0.3) is 0 Å². The molecule has 0 aliphatic heterocycles. The van der Waals surface area contributed by atoms with E-state index in [1.165, 1.54) is 114 Å². The first kappa shape index (κ1) is 29.7. The molecule has 199 valence electrons. The van der Waals surface area contributed by atoms with Gasteiger partial charge in [-0.05, 0) is 0 Å². The van der Waals surface area contributed by atoms with Crippen LogP contribution in [0.15, 0.2) is 48.5 Å². The van der Waals surface area contributed by atoms with Crippen LogP contribution in [0.2, 0.25) is 0 Å². The summed E-state index contributed by atoms with van der Waals surface area (Å²) in [5, 5.41) is 0. The van der Waals surface area contributed by atoms with Gasteiger partial charge in [0, 0.05) is 0 Å². The van der Waals surface area contributed by atoms with Crippen molar-refractivity contribution in [3.05, 3.63) is 59.7 Å². The molecule has 2 aromatic rings. The second-order valence-electron chi connectivity index (χ2n) is 10.1. The van der Waals surface area contributed by atoms with Gasteiger partial charge in [0.1, 0.15) is 0 Å². The second kappa shape index (κ2) is 17.0. The zero-order chi connectivity index (χ0) is 22.6. The molecule has 4 nitrogen and oxygen atoms in total. The van der Waals surface area contributed by atoms with Crippen molar-refractivity contribution in [1.29, 1.82) is 0 Å². The average Bonchev–Trinajstić information content (AvgIpc) is 3.08. The van der Waals surface area contributed by atoms with Gasteiger partial charge in [0.2, 0.25) is 0 Å². The minimum absolute atomic E-state index is 0. The summed E-state index contributed by atoms with van der Waals surface area (Å²) in [5.74, 6) is 3.23. The molecule has 0 saturated heterocycles. The Labute approximate surface area is 219 Å². The van der Waals surface area contributed by atoms with Crippen molar-refractivity contribution >= 4 is 0 Å².